The number of thioether (sulfide) groups is 1. The molecule has 1 aliphatic heterocycles. The zero-order valence-electron chi connectivity index (χ0n) is 10.1. The van der Waals surface area contributed by atoms with Crippen LogP contribution < -0.4 is 11.1 Å². The van der Waals surface area contributed by atoms with Crippen molar-refractivity contribution in [1.82, 2.24) is 0 Å². The van der Waals surface area contributed by atoms with E-state index >= 15 is 0 Å². The molecular formula is C12H14Cl2N2O2S. The molecule has 2 rings (SSSR count). The van der Waals surface area contributed by atoms with Crippen LogP contribution in [-0.4, -0.2) is 28.1 Å². The maximum Gasteiger partial charge on any atom is 0.256 e. The van der Waals surface area contributed by atoms with E-state index in [2.05, 4.69) is 5.32 Å². The minimum absolute atomic E-state index is 0.272. The molecule has 0 saturated carbocycles. The molecule has 0 aliphatic carbocycles. The fourth-order valence-electron chi connectivity index (χ4n) is 1.84. The molecule has 0 radical (unpaired) electrons. The summed E-state index contributed by atoms with van der Waals surface area (Å²) in [6, 6.07) is 3.03. The van der Waals surface area contributed by atoms with Crippen LogP contribution in [0.25, 0.3) is 0 Å². The monoisotopic (exact) mass is 320 g/mol. The number of aliphatic hydroxyl groups is 1. The van der Waals surface area contributed by atoms with Crippen LogP contribution in [0.5, 0.6) is 0 Å². The van der Waals surface area contributed by atoms with Crippen LogP contribution in [0.2, 0.25) is 10.0 Å². The van der Waals surface area contributed by atoms with Gasteiger partial charge in [0.1, 0.15) is 5.60 Å². The Kier molecular flexibility index (Phi) is 4.50. The first-order valence-corrected chi connectivity index (χ1v) is 7.69. The lowest BCUT2D eigenvalue weighted by Gasteiger charge is -2.30. The number of benzene rings is 1. The highest BCUT2D eigenvalue weighted by atomic mass is 35.5. The van der Waals surface area contributed by atoms with Gasteiger partial charge in [0.2, 0.25) is 0 Å². The lowest BCUT2D eigenvalue weighted by atomic mass is 9.95. The quantitative estimate of drug-likeness (QED) is 0.732. The third-order valence-electron chi connectivity index (χ3n) is 3.08. The van der Waals surface area contributed by atoms with E-state index in [1.54, 1.807) is 11.8 Å². The molecule has 1 aromatic carbocycles. The van der Waals surface area contributed by atoms with Crippen molar-refractivity contribution in [1.29, 1.82) is 0 Å². The number of hydrogen-bond donors (Lipinski definition) is 3. The van der Waals surface area contributed by atoms with Crippen molar-refractivity contribution < 1.29 is 9.90 Å². The molecule has 0 unspecified atom stereocenters. The molecule has 7 heteroatoms. The molecule has 1 amide bonds. The van der Waals surface area contributed by atoms with E-state index < -0.39 is 11.5 Å². The fraction of sp³-hybridized carbons (Fsp3) is 0.417. The summed E-state index contributed by atoms with van der Waals surface area (Å²) in [6.45, 7) is 0. The van der Waals surface area contributed by atoms with E-state index in [-0.39, 0.29) is 15.7 Å². The second-order valence-corrected chi connectivity index (χ2v) is 6.49. The minimum Gasteiger partial charge on any atom is -0.396 e. The summed E-state index contributed by atoms with van der Waals surface area (Å²) >= 11 is 13.5. The van der Waals surface area contributed by atoms with Gasteiger partial charge in [0.15, 0.2) is 0 Å². The van der Waals surface area contributed by atoms with Gasteiger partial charge in [-0.2, -0.15) is 11.8 Å². The predicted octanol–water partition coefficient (Wildman–Crippen LogP) is 2.77. The van der Waals surface area contributed by atoms with Gasteiger partial charge >= 0.3 is 0 Å². The number of anilines is 2. The molecule has 1 aromatic rings. The molecule has 1 aliphatic rings. The third-order valence-corrected chi connectivity index (χ3v) is 4.69. The normalized spacial score (nSPS) is 18.1. The molecule has 104 valence electrons. The molecule has 0 spiro atoms. The van der Waals surface area contributed by atoms with E-state index in [4.69, 9.17) is 28.9 Å². The van der Waals surface area contributed by atoms with E-state index in [9.17, 15) is 9.90 Å². The molecule has 19 heavy (non-hydrogen) atoms. The number of nitrogens with two attached hydrogens (primary N) is 1. The highest BCUT2D eigenvalue weighted by molar-refractivity contribution is 7.99. The van der Waals surface area contributed by atoms with Gasteiger partial charge in [-0.25, -0.2) is 0 Å². The van der Waals surface area contributed by atoms with Crippen LogP contribution in [0.3, 0.4) is 0 Å². The Hall–Kier alpha value is -0.620. The van der Waals surface area contributed by atoms with Crippen molar-refractivity contribution >= 4 is 52.2 Å². The lowest BCUT2D eigenvalue weighted by molar-refractivity contribution is -0.134. The molecule has 1 saturated heterocycles. The number of halogens is 2. The Labute approximate surface area is 125 Å². The van der Waals surface area contributed by atoms with E-state index in [0.717, 1.165) is 11.5 Å². The summed E-state index contributed by atoms with van der Waals surface area (Å²) < 4.78 is 0. The van der Waals surface area contributed by atoms with Crippen molar-refractivity contribution in [2.24, 2.45) is 0 Å². The largest absolute Gasteiger partial charge is 0.396 e. The number of nitrogen functional groups attached to an aromatic ring is 1. The average molecular weight is 321 g/mol. The molecule has 1 heterocycles. The van der Waals surface area contributed by atoms with Crippen LogP contribution in [-0.2, 0) is 4.79 Å². The highest BCUT2D eigenvalue weighted by Gasteiger charge is 2.37. The second kappa shape index (κ2) is 5.79. The molecule has 0 atom stereocenters. The van der Waals surface area contributed by atoms with E-state index in [1.165, 1.54) is 12.1 Å². The van der Waals surface area contributed by atoms with Crippen molar-refractivity contribution in [2.75, 3.05) is 22.6 Å². The molecule has 4 N–H and O–H groups in total. The topological polar surface area (TPSA) is 75.3 Å². The molecule has 4 nitrogen and oxygen atoms in total. The summed E-state index contributed by atoms with van der Waals surface area (Å²) in [5.74, 6) is 1.12. The van der Waals surface area contributed by atoms with Gasteiger partial charge in [-0.05, 0) is 36.5 Å². The average Bonchev–Trinajstić information content (AvgIpc) is 2.36. The Morgan fingerprint density at radius 1 is 1.32 bits per heavy atom. The maximum atomic E-state index is 12.1. The number of nitrogens with one attached hydrogen (secondary N) is 1. The third kappa shape index (κ3) is 3.28. The van der Waals surface area contributed by atoms with Crippen molar-refractivity contribution in [3.05, 3.63) is 22.2 Å². The summed E-state index contributed by atoms with van der Waals surface area (Å²) in [7, 11) is 0. The molecule has 1 fully saturated rings. The van der Waals surface area contributed by atoms with Gasteiger partial charge in [0.25, 0.3) is 5.91 Å². The Bertz CT molecular complexity index is 481. The highest BCUT2D eigenvalue weighted by Crippen LogP contribution is 2.33. The predicted molar refractivity (Wildman–Crippen MR) is 81.0 cm³/mol. The van der Waals surface area contributed by atoms with Crippen molar-refractivity contribution in [2.45, 2.75) is 18.4 Å². The van der Waals surface area contributed by atoms with Gasteiger partial charge in [-0.1, -0.05) is 23.2 Å². The number of rotatable bonds is 2. The van der Waals surface area contributed by atoms with E-state index in [0.29, 0.717) is 18.5 Å². The van der Waals surface area contributed by atoms with Crippen LogP contribution in [0.4, 0.5) is 11.4 Å². The Balaban J connectivity index is 2.14. The zero-order chi connectivity index (χ0) is 14.0. The fourth-order valence-corrected chi connectivity index (χ4v) is 3.50. The first-order valence-electron chi connectivity index (χ1n) is 5.78. The smallest absolute Gasteiger partial charge is 0.256 e. The summed E-state index contributed by atoms with van der Waals surface area (Å²) in [4.78, 5) is 12.1. The van der Waals surface area contributed by atoms with Crippen LogP contribution in [0.1, 0.15) is 12.8 Å². The first kappa shape index (κ1) is 14.8. The first-order chi connectivity index (χ1) is 8.92. The van der Waals surface area contributed by atoms with Crippen LogP contribution >= 0.6 is 35.0 Å². The Morgan fingerprint density at radius 2 is 1.84 bits per heavy atom. The maximum absolute atomic E-state index is 12.1. The van der Waals surface area contributed by atoms with Crippen LogP contribution in [0.15, 0.2) is 12.1 Å². The molecule has 0 bridgehead atoms. The lowest BCUT2D eigenvalue weighted by Crippen LogP contribution is -2.45. The number of carbonyl (C=O) groups is 1. The van der Waals surface area contributed by atoms with E-state index in [1.807, 2.05) is 0 Å². The van der Waals surface area contributed by atoms with Crippen molar-refractivity contribution in [3.8, 4) is 0 Å². The van der Waals surface area contributed by atoms with Gasteiger partial charge in [-0.15, -0.1) is 0 Å². The van der Waals surface area contributed by atoms with Gasteiger partial charge in [-0.3, -0.25) is 4.79 Å². The zero-order valence-corrected chi connectivity index (χ0v) is 12.4. The second-order valence-electron chi connectivity index (χ2n) is 4.45. The van der Waals surface area contributed by atoms with Gasteiger partial charge in [0.05, 0.1) is 15.7 Å². The number of hydrogen-bond acceptors (Lipinski definition) is 4. The number of amides is 1. The van der Waals surface area contributed by atoms with Crippen molar-refractivity contribution in [3.63, 3.8) is 0 Å². The SMILES string of the molecule is Nc1c(Cl)cc(NC(=O)C2(O)CCSCC2)cc1Cl. The number of carbonyl (C=O) groups excluding carboxylic acids is 1. The van der Waals surface area contributed by atoms with Gasteiger partial charge in [0, 0.05) is 5.69 Å². The Morgan fingerprint density at radius 3 is 2.37 bits per heavy atom. The molecule has 0 aromatic heterocycles. The summed E-state index contributed by atoms with van der Waals surface area (Å²) in [6.07, 6.45) is 0.889. The minimum atomic E-state index is -1.31. The standard InChI is InChI=1S/C12H14Cl2N2O2S/c13-8-5-7(6-9(14)10(8)15)16-11(17)12(18)1-3-19-4-2-12/h5-6,18H,1-4,15H2,(H,16,17). The summed E-state index contributed by atoms with van der Waals surface area (Å²) in [5, 5.41) is 13.5. The van der Waals surface area contributed by atoms with Gasteiger partial charge < -0.3 is 16.2 Å². The van der Waals surface area contributed by atoms with Crippen LogP contribution in [0, 0.1) is 0 Å². The molecular weight excluding hydrogens is 307 g/mol. The summed E-state index contributed by atoms with van der Waals surface area (Å²) in [5.41, 5.74) is 5.01.